The quantitative estimate of drug-likeness (QED) is 0.215. The van der Waals surface area contributed by atoms with Crippen LogP contribution in [0.3, 0.4) is 0 Å². The molecule has 0 aromatic rings. The van der Waals surface area contributed by atoms with Gasteiger partial charge in [0.25, 0.3) is 0 Å². The Morgan fingerprint density at radius 3 is 2.17 bits per heavy atom. The highest BCUT2D eigenvalue weighted by molar-refractivity contribution is 6.33. The second kappa shape index (κ2) is 11.4. The predicted octanol–water partition coefficient (Wildman–Crippen LogP) is 6.61. The lowest BCUT2D eigenvalue weighted by atomic mass is 9.38. The average Bonchev–Trinajstić information content (AvgIpc) is 3.24. The molecule has 2 fully saturated rings. The summed E-state index contributed by atoms with van der Waals surface area (Å²) in [7, 11) is 0. The Balaban J connectivity index is 2.44. The molecule has 1 aliphatic heterocycles. The van der Waals surface area contributed by atoms with E-state index in [1.54, 1.807) is 34.6 Å². The molecule has 6 heteroatoms. The smallest absolute Gasteiger partial charge is 0.184 e. The third kappa shape index (κ3) is 5.35. The maximum atomic E-state index is 15.2. The van der Waals surface area contributed by atoms with Crippen molar-refractivity contribution in [2.24, 2.45) is 28.1 Å². The fraction of sp³-hybridized carbons (Fsp3) is 0.686. The molecule has 6 nitrogen and oxygen atoms in total. The van der Waals surface area contributed by atoms with Crippen LogP contribution in [0.25, 0.3) is 0 Å². The van der Waals surface area contributed by atoms with Gasteiger partial charge in [0, 0.05) is 17.9 Å². The van der Waals surface area contributed by atoms with E-state index in [1.165, 1.54) is 0 Å². The summed E-state index contributed by atoms with van der Waals surface area (Å²) in [5.74, 6) is -1.63. The monoisotopic (exact) mass is 568 g/mol. The Kier molecular flexibility index (Phi) is 9.24. The van der Waals surface area contributed by atoms with Crippen molar-refractivity contribution in [3.8, 4) is 0 Å². The van der Waals surface area contributed by atoms with Gasteiger partial charge in [-0.15, -0.1) is 0 Å². The van der Waals surface area contributed by atoms with E-state index >= 15 is 9.59 Å². The van der Waals surface area contributed by atoms with Crippen LogP contribution >= 0.6 is 0 Å². The van der Waals surface area contributed by atoms with Crippen LogP contribution in [-0.2, 0) is 19.1 Å². The molecule has 0 amide bonds. The summed E-state index contributed by atoms with van der Waals surface area (Å²) in [6, 6.07) is 0. The van der Waals surface area contributed by atoms with Gasteiger partial charge in [0.15, 0.2) is 22.8 Å². The number of rotatable bonds is 11. The number of aliphatic hydroxyl groups is 2. The number of carbonyl (C=O) groups excluding carboxylic acids is 3. The minimum absolute atomic E-state index is 0.219. The van der Waals surface area contributed by atoms with E-state index in [0.29, 0.717) is 42.6 Å². The number of hydrogen-bond acceptors (Lipinski definition) is 6. The van der Waals surface area contributed by atoms with E-state index in [9.17, 15) is 15.0 Å². The third-order valence-electron chi connectivity index (χ3n) is 9.96. The molecule has 2 aliphatic carbocycles. The van der Waals surface area contributed by atoms with E-state index < -0.39 is 45.8 Å². The molecule has 3 aliphatic rings. The van der Waals surface area contributed by atoms with Crippen LogP contribution in [0.5, 0.6) is 0 Å². The molecular weight excluding hydrogens is 516 g/mol. The molecule has 1 spiro atoms. The fourth-order valence-electron chi connectivity index (χ4n) is 7.41. The van der Waals surface area contributed by atoms with E-state index in [2.05, 4.69) is 12.7 Å². The Hall–Kier alpha value is -2.31. The van der Waals surface area contributed by atoms with Gasteiger partial charge >= 0.3 is 0 Å². The molecule has 3 rings (SSSR count). The van der Waals surface area contributed by atoms with Crippen molar-refractivity contribution in [2.75, 3.05) is 0 Å². The molecule has 0 aromatic carbocycles. The van der Waals surface area contributed by atoms with Crippen LogP contribution in [0, 0.1) is 28.1 Å². The Morgan fingerprint density at radius 2 is 1.68 bits per heavy atom. The molecule has 1 saturated carbocycles. The summed E-state index contributed by atoms with van der Waals surface area (Å²) in [5, 5.41) is 21.9. The molecule has 41 heavy (non-hydrogen) atoms. The third-order valence-corrected chi connectivity index (χ3v) is 9.96. The normalized spacial score (nSPS) is 31.9. The highest BCUT2D eigenvalue weighted by atomic mass is 16.5. The number of ether oxygens (including phenoxy) is 1. The zero-order valence-electron chi connectivity index (χ0n) is 26.9. The summed E-state index contributed by atoms with van der Waals surface area (Å²) in [5.41, 5.74) is -2.30. The van der Waals surface area contributed by atoms with Crippen LogP contribution in [0.4, 0.5) is 0 Å². The number of aliphatic hydroxyl groups excluding tert-OH is 1. The van der Waals surface area contributed by atoms with Crippen LogP contribution in [-0.4, -0.2) is 45.4 Å². The van der Waals surface area contributed by atoms with E-state index in [-0.39, 0.29) is 30.3 Å². The van der Waals surface area contributed by atoms with Crippen molar-refractivity contribution < 1.29 is 29.3 Å². The molecule has 6 atom stereocenters. The van der Waals surface area contributed by atoms with Crippen LogP contribution < -0.4 is 0 Å². The van der Waals surface area contributed by atoms with Gasteiger partial charge in [0.2, 0.25) is 0 Å². The SMILES string of the molecule is C=C(C)[C@@H](O)CC[C@]1(C)[C@@H](CC=C(C)C)C[C@]23C[C@@H](C(C)(C)O)OC2=C(CC=C(C)C)C(=O)[C@@]1(C(=O)C(C)C)C3=O. The lowest BCUT2D eigenvalue weighted by Crippen LogP contribution is -2.70. The van der Waals surface area contributed by atoms with Gasteiger partial charge < -0.3 is 14.9 Å². The van der Waals surface area contributed by atoms with Gasteiger partial charge in [-0.2, -0.15) is 0 Å². The first-order valence-corrected chi connectivity index (χ1v) is 15.1. The number of allylic oxidation sites excluding steroid dienone is 6. The maximum absolute atomic E-state index is 15.2. The molecular formula is C35H52O6. The lowest BCUT2D eigenvalue weighted by molar-refractivity contribution is -0.179. The average molecular weight is 569 g/mol. The van der Waals surface area contributed by atoms with Crippen molar-refractivity contribution in [3.05, 3.63) is 46.8 Å². The number of ketones is 3. The van der Waals surface area contributed by atoms with Crippen molar-refractivity contribution in [2.45, 2.75) is 126 Å². The van der Waals surface area contributed by atoms with E-state index in [0.717, 1.165) is 11.1 Å². The molecule has 2 bridgehead atoms. The zero-order chi connectivity index (χ0) is 31.3. The topological polar surface area (TPSA) is 101 Å². The lowest BCUT2D eigenvalue weighted by Gasteiger charge is -2.60. The summed E-state index contributed by atoms with van der Waals surface area (Å²) < 4.78 is 6.43. The van der Waals surface area contributed by atoms with Crippen molar-refractivity contribution in [1.29, 1.82) is 0 Å². The highest BCUT2D eigenvalue weighted by Gasteiger charge is 2.78. The molecule has 2 N–H and O–H groups in total. The molecule has 0 aromatic heterocycles. The second-order valence-electron chi connectivity index (χ2n) is 14.5. The molecule has 1 heterocycles. The van der Waals surface area contributed by atoms with Gasteiger partial charge in [-0.1, -0.05) is 56.2 Å². The van der Waals surface area contributed by atoms with Crippen molar-refractivity contribution in [3.63, 3.8) is 0 Å². The fourth-order valence-corrected chi connectivity index (χ4v) is 7.41. The molecule has 228 valence electrons. The van der Waals surface area contributed by atoms with Gasteiger partial charge in [-0.05, 0) is 91.9 Å². The van der Waals surface area contributed by atoms with E-state index in [1.807, 2.05) is 40.7 Å². The Morgan fingerprint density at radius 1 is 1.10 bits per heavy atom. The van der Waals surface area contributed by atoms with Crippen molar-refractivity contribution >= 4 is 17.3 Å². The maximum Gasteiger partial charge on any atom is 0.184 e. The largest absolute Gasteiger partial charge is 0.490 e. The minimum atomic E-state index is -1.92. The molecule has 0 unspecified atom stereocenters. The summed E-state index contributed by atoms with van der Waals surface area (Å²) >= 11 is 0. The Bertz CT molecular complexity index is 1200. The zero-order valence-corrected chi connectivity index (χ0v) is 26.9. The summed E-state index contributed by atoms with van der Waals surface area (Å²) in [6.45, 7) is 22.4. The number of Topliss-reactive ketones (excluding diaryl/α,β-unsaturated/α-hetero) is 3. The standard InChI is InChI=1S/C35H52O6/c1-20(2)12-14-24-18-34-19-27(32(9,10)40)41-30(34)25(15-13-21(3)4)29(38)35(31(34)39,28(37)23(7)8)33(24,11)17-16-26(36)22(5)6/h12-13,23-24,26-27,36,40H,5,14-19H2,1-4,6-11H3/t24-,26-,27-,33+,34-,35-/m0/s1. The van der Waals surface area contributed by atoms with Gasteiger partial charge in [-0.25, -0.2) is 0 Å². The summed E-state index contributed by atoms with van der Waals surface area (Å²) in [4.78, 5) is 44.8. The first kappa shape index (κ1) is 33.2. The number of fused-ring (bicyclic) bond motifs is 1. The minimum Gasteiger partial charge on any atom is -0.490 e. The summed E-state index contributed by atoms with van der Waals surface area (Å²) in [6.07, 6.45) is 4.63. The van der Waals surface area contributed by atoms with Gasteiger partial charge in [-0.3, -0.25) is 14.4 Å². The van der Waals surface area contributed by atoms with Gasteiger partial charge in [0.1, 0.15) is 11.9 Å². The van der Waals surface area contributed by atoms with Crippen LogP contribution in [0.2, 0.25) is 0 Å². The van der Waals surface area contributed by atoms with Gasteiger partial charge in [0.05, 0.1) is 17.1 Å². The van der Waals surface area contributed by atoms with Crippen LogP contribution in [0.15, 0.2) is 46.8 Å². The number of carbonyl (C=O) groups is 3. The first-order valence-electron chi connectivity index (χ1n) is 15.1. The predicted molar refractivity (Wildman–Crippen MR) is 162 cm³/mol. The van der Waals surface area contributed by atoms with E-state index in [4.69, 9.17) is 4.74 Å². The molecule has 1 saturated heterocycles. The first-order chi connectivity index (χ1) is 18.8. The highest BCUT2D eigenvalue weighted by Crippen LogP contribution is 2.70. The molecule has 0 radical (unpaired) electrons. The number of hydrogen-bond donors (Lipinski definition) is 2. The Labute approximate surface area is 247 Å². The second-order valence-corrected chi connectivity index (χ2v) is 14.5. The van der Waals surface area contributed by atoms with Crippen molar-refractivity contribution in [1.82, 2.24) is 0 Å². The van der Waals surface area contributed by atoms with Crippen LogP contribution in [0.1, 0.15) is 108 Å².